The molecule has 0 aliphatic rings. The Kier molecular flexibility index (Phi) is 6.57. The van der Waals surface area contributed by atoms with Gasteiger partial charge in [0.2, 0.25) is 11.8 Å². The Morgan fingerprint density at radius 2 is 1.77 bits per heavy atom. The molecule has 7 heteroatoms. The van der Waals surface area contributed by atoms with E-state index in [-0.39, 0.29) is 18.4 Å². The minimum Gasteiger partial charge on any atom is -0.495 e. The number of nitrogens with zero attached hydrogens (tertiary/aromatic N) is 1. The van der Waals surface area contributed by atoms with Gasteiger partial charge in [-0.2, -0.15) is 5.26 Å². The van der Waals surface area contributed by atoms with Gasteiger partial charge in [0, 0.05) is 18.3 Å². The molecule has 26 heavy (non-hydrogen) atoms. The summed E-state index contributed by atoms with van der Waals surface area (Å²) in [6.45, 7) is 1.45. The van der Waals surface area contributed by atoms with Gasteiger partial charge in [-0.05, 0) is 35.9 Å². The molecular formula is C19H20N4O3. The third-order valence-electron chi connectivity index (χ3n) is 3.48. The van der Waals surface area contributed by atoms with Crippen molar-refractivity contribution < 1.29 is 14.3 Å². The summed E-state index contributed by atoms with van der Waals surface area (Å²) < 4.78 is 5.26. The summed E-state index contributed by atoms with van der Waals surface area (Å²) >= 11 is 0. The number of carbonyl (C=O) groups is 2. The maximum absolute atomic E-state index is 12.1. The van der Waals surface area contributed by atoms with Crippen LogP contribution < -0.4 is 20.7 Å². The minimum atomic E-state index is -0.231. The van der Waals surface area contributed by atoms with E-state index in [0.29, 0.717) is 29.2 Å². The molecule has 0 fully saturated rings. The van der Waals surface area contributed by atoms with Gasteiger partial charge < -0.3 is 20.7 Å². The van der Waals surface area contributed by atoms with Gasteiger partial charge in [0.15, 0.2) is 0 Å². The summed E-state index contributed by atoms with van der Waals surface area (Å²) in [5, 5.41) is 17.1. The van der Waals surface area contributed by atoms with Crippen molar-refractivity contribution in [1.82, 2.24) is 0 Å². The fourth-order valence-electron chi connectivity index (χ4n) is 2.31. The molecule has 0 aromatic heterocycles. The molecule has 0 aliphatic carbocycles. The first-order valence-electron chi connectivity index (χ1n) is 7.97. The number of carbonyl (C=O) groups excluding carboxylic acids is 2. The maximum atomic E-state index is 12.1. The third kappa shape index (κ3) is 5.53. The van der Waals surface area contributed by atoms with Crippen LogP contribution >= 0.6 is 0 Å². The van der Waals surface area contributed by atoms with Crippen molar-refractivity contribution in [2.45, 2.75) is 13.3 Å². The first kappa shape index (κ1) is 18.8. The number of ether oxygens (including phenoxy) is 1. The molecule has 134 valence electrons. The van der Waals surface area contributed by atoms with Gasteiger partial charge in [0.25, 0.3) is 0 Å². The standard InChI is InChI=1S/C19H20N4O3/c1-13(24)22-16-7-8-18(26-2)17(11-16)21-12-19(25)23-15-5-3-14(4-6-15)9-10-20/h3-8,11,21H,9,12H2,1-2H3,(H,22,24)(H,23,25). The second-order valence-electron chi connectivity index (χ2n) is 5.53. The average Bonchev–Trinajstić information content (AvgIpc) is 2.61. The summed E-state index contributed by atoms with van der Waals surface area (Å²) in [5.41, 5.74) is 2.74. The molecule has 7 nitrogen and oxygen atoms in total. The highest BCUT2D eigenvalue weighted by Crippen LogP contribution is 2.27. The molecule has 0 saturated carbocycles. The van der Waals surface area contributed by atoms with Gasteiger partial charge in [-0.25, -0.2) is 0 Å². The van der Waals surface area contributed by atoms with Gasteiger partial charge in [0.05, 0.1) is 31.8 Å². The first-order chi connectivity index (χ1) is 12.5. The molecule has 2 aromatic carbocycles. The lowest BCUT2D eigenvalue weighted by Gasteiger charge is -2.13. The largest absolute Gasteiger partial charge is 0.495 e. The molecule has 0 heterocycles. The summed E-state index contributed by atoms with van der Waals surface area (Å²) in [6, 6.07) is 14.3. The second-order valence-corrected chi connectivity index (χ2v) is 5.53. The van der Waals surface area contributed by atoms with Gasteiger partial charge in [-0.1, -0.05) is 12.1 Å². The molecule has 0 spiro atoms. The van der Waals surface area contributed by atoms with E-state index in [4.69, 9.17) is 10.00 Å². The Hall–Kier alpha value is -3.53. The minimum absolute atomic E-state index is 0.0276. The third-order valence-corrected chi connectivity index (χ3v) is 3.48. The molecule has 0 bridgehead atoms. The Morgan fingerprint density at radius 1 is 1.08 bits per heavy atom. The van der Waals surface area contributed by atoms with Crippen molar-refractivity contribution in [3.8, 4) is 11.8 Å². The van der Waals surface area contributed by atoms with Crippen LogP contribution in [0, 0.1) is 11.3 Å². The lowest BCUT2D eigenvalue weighted by atomic mass is 10.1. The van der Waals surface area contributed by atoms with E-state index < -0.39 is 0 Å². The molecule has 0 saturated heterocycles. The van der Waals surface area contributed by atoms with Crippen molar-refractivity contribution in [2.75, 3.05) is 29.6 Å². The smallest absolute Gasteiger partial charge is 0.243 e. The predicted molar refractivity (Wildman–Crippen MR) is 100 cm³/mol. The SMILES string of the molecule is COc1ccc(NC(C)=O)cc1NCC(=O)Nc1ccc(CC#N)cc1. The zero-order valence-corrected chi connectivity index (χ0v) is 14.6. The van der Waals surface area contributed by atoms with E-state index in [0.717, 1.165) is 5.56 Å². The topological polar surface area (TPSA) is 103 Å². The lowest BCUT2D eigenvalue weighted by Crippen LogP contribution is -2.22. The number of rotatable bonds is 7. The highest BCUT2D eigenvalue weighted by Gasteiger charge is 2.08. The Morgan fingerprint density at radius 3 is 2.38 bits per heavy atom. The van der Waals surface area contributed by atoms with Crippen LogP contribution in [0.4, 0.5) is 17.1 Å². The average molecular weight is 352 g/mol. The van der Waals surface area contributed by atoms with Gasteiger partial charge in [-0.3, -0.25) is 9.59 Å². The lowest BCUT2D eigenvalue weighted by molar-refractivity contribution is -0.115. The summed E-state index contributed by atoms with van der Waals surface area (Å²) in [6.07, 6.45) is 0.334. The second kappa shape index (κ2) is 9.08. The van der Waals surface area contributed by atoms with E-state index in [1.807, 2.05) is 0 Å². The van der Waals surface area contributed by atoms with Crippen LogP contribution in [0.1, 0.15) is 12.5 Å². The van der Waals surface area contributed by atoms with Crippen LogP contribution in [0.25, 0.3) is 0 Å². The number of amides is 2. The molecule has 2 rings (SSSR count). The van der Waals surface area contributed by atoms with Gasteiger partial charge in [-0.15, -0.1) is 0 Å². The van der Waals surface area contributed by atoms with Crippen LogP contribution in [0.3, 0.4) is 0 Å². The van der Waals surface area contributed by atoms with Gasteiger partial charge in [0.1, 0.15) is 5.75 Å². The maximum Gasteiger partial charge on any atom is 0.243 e. The highest BCUT2D eigenvalue weighted by molar-refractivity contribution is 5.94. The number of hydrogen-bond donors (Lipinski definition) is 3. The van der Waals surface area contributed by atoms with Crippen LogP contribution in [-0.2, 0) is 16.0 Å². The van der Waals surface area contributed by atoms with Gasteiger partial charge >= 0.3 is 0 Å². The Labute approximate surface area is 152 Å². The number of benzene rings is 2. The van der Waals surface area contributed by atoms with Crippen molar-refractivity contribution in [1.29, 1.82) is 5.26 Å². The molecule has 0 radical (unpaired) electrons. The normalized spacial score (nSPS) is 9.73. The zero-order valence-electron chi connectivity index (χ0n) is 14.6. The monoisotopic (exact) mass is 352 g/mol. The van der Waals surface area contributed by atoms with Crippen molar-refractivity contribution >= 4 is 28.9 Å². The molecule has 0 aliphatic heterocycles. The fraction of sp³-hybridized carbons (Fsp3) is 0.211. The molecule has 2 aromatic rings. The number of methoxy groups -OCH3 is 1. The molecule has 0 unspecified atom stereocenters. The number of hydrogen-bond acceptors (Lipinski definition) is 5. The van der Waals surface area contributed by atoms with Crippen molar-refractivity contribution in [2.24, 2.45) is 0 Å². The Balaban J connectivity index is 1.97. The van der Waals surface area contributed by atoms with Crippen LogP contribution in [-0.4, -0.2) is 25.5 Å². The Bertz CT molecular complexity index is 826. The van der Waals surface area contributed by atoms with E-state index in [9.17, 15) is 9.59 Å². The van der Waals surface area contributed by atoms with Crippen molar-refractivity contribution in [3.05, 3.63) is 48.0 Å². The highest BCUT2D eigenvalue weighted by atomic mass is 16.5. The molecule has 3 N–H and O–H groups in total. The van der Waals surface area contributed by atoms with Crippen molar-refractivity contribution in [3.63, 3.8) is 0 Å². The molecule has 2 amide bonds. The fourth-order valence-corrected chi connectivity index (χ4v) is 2.31. The molecule has 0 atom stereocenters. The summed E-state index contributed by atoms with van der Waals surface area (Å²) in [4.78, 5) is 23.3. The zero-order chi connectivity index (χ0) is 18.9. The number of nitriles is 1. The molecular weight excluding hydrogens is 332 g/mol. The number of anilines is 3. The quantitative estimate of drug-likeness (QED) is 0.711. The predicted octanol–water partition coefficient (Wildman–Crippen LogP) is 2.77. The number of nitrogens with one attached hydrogen (secondary N) is 3. The van der Waals surface area contributed by atoms with Crippen LogP contribution in [0.15, 0.2) is 42.5 Å². The van der Waals surface area contributed by atoms with E-state index in [1.165, 1.54) is 14.0 Å². The summed E-state index contributed by atoms with van der Waals surface area (Å²) in [7, 11) is 1.53. The summed E-state index contributed by atoms with van der Waals surface area (Å²) in [5.74, 6) is 0.150. The first-order valence-corrected chi connectivity index (χ1v) is 7.97. The van der Waals surface area contributed by atoms with Crippen LogP contribution in [0.2, 0.25) is 0 Å². The van der Waals surface area contributed by atoms with E-state index in [1.54, 1.807) is 42.5 Å². The van der Waals surface area contributed by atoms with Crippen LogP contribution in [0.5, 0.6) is 5.75 Å². The van der Waals surface area contributed by atoms with E-state index >= 15 is 0 Å². The van der Waals surface area contributed by atoms with E-state index in [2.05, 4.69) is 22.0 Å².